The molecule has 1 aromatic rings. The fraction of sp³-hybridized carbons (Fsp3) is 0.429. The number of aromatic hydroxyl groups is 1. The van der Waals surface area contributed by atoms with Crippen LogP contribution in [0.2, 0.25) is 0 Å². The molecule has 114 valence electrons. The number of amides is 2. The van der Waals surface area contributed by atoms with Gasteiger partial charge in [-0.05, 0) is 30.9 Å². The minimum atomic E-state index is -0.705. The highest BCUT2D eigenvalue weighted by molar-refractivity contribution is 5.89. The normalized spacial score (nSPS) is 16.0. The first-order chi connectivity index (χ1) is 10.1. The highest BCUT2D eigenvalue weighted by Gasteiger charge is 2.22. The van der Waals surface area contributed by atoms with Crippen molar-refractivity contribution in [2.45, 2.75) is 25.7 Å². The van der Waals surface area contributed by atoms with Gasteiger partial charge in [-0.25, -0.2) is 10.2 Å². The molecule has 0 saturated carbocycles. The number of hydrogen-bond acceptors (Lipinski definition) is 5. The summed E-state index contributed by atoms with van der Waals surface area (Å²) in [5.41, 5.74) is 9.75. The maximum atomic E-state index is 10.7. The van der Waals surface area contributed by atoms with Crippen molar-refractivity contribution in [2.24, 2.45) is 10.8 Å². The molecule has 0 bridgehead atoms. The highest BCUT2D eigenvalue weighted by Crippen LogP contribution is 2.42. The molecule has 0 saturated heterocycles. The molecule has 0 heterocycles. The number of nitrogens with zero attached hydrogens (tertiary/aromatic N) is 1. The second-order valence-electron chi connectivity index (χ2n) is 4.78. The lowest BCUT2D eigenvalue weighted by atomic mass is 10.00. The lowest BCUT2D eigenvalue weighted by Crippen LogP contribution is -2.26. The number of phenols is 1. The van der Waals surface area contributed by atoms with E-state index in [-0.39, 0.29) is 5.75 Å². The van der Waals surface area contributed by atoms with Crippen molar-refractivity contribution >= 4 is 11.7 Å². The molecular weight excluding hydrogens is 274 g/mol. The second kappa shape index (κ2) is 6.34. The van der Waals surface area contributed by atoms with Crippen LogP contribution < -0.4 is 20.6 Å². The summed E-state index contributed by atoms with van der Waals surface area (Å²) in [6.07, 6.45) is 2.81. The van der Waals surface area contributed by atoms with Gasteiger partial charge in [0.25, 0.3) is 0 Å². The largest absolute Gasteiger partial charge is 0.504 e. The summed E-state index contributed by atoms with van der Waals surface area (Å²) in [7, 11) is 3.01. The number of hydrogen-bond donors (Lipinski definition) is 3. The van der Waals surface area contributed by atoms with E-state index in [1.54, 1.807) is 0 Å². The zero-order chi connectivity index (χ0) is 15.4. The number of rotatable bonds is 3. The molecule has 0 atom stereocenters. The van der Waals surface area contributed by atoms with Gasteiger partial charge in [0, 0.05) is 17.7 Å². The number of phenolic OH excluding ortho intramolecular Hbond substituents is 1. The number of carbonyl (C=O) groups excluding carboxylic acids is 1. The summed E-state index contributed by atoms with van der Waals surface area (Å²) in [6.45, 7) is 0. The number of primary amides is 1. The van der Waals surface area contributed by atoms with Crippen LogP contribution in [0.3, 0.4) is 0 Å². The van der Waals surface area contributed by atoms with E-state index in [1.165, 1.54) is 14.2 Å². The third-order valence-electron chi connectivity index (χ3n) is 3.46. The van der Waals surface area contributed by atoms with Crippen molar-refractivity contribution in [2.75, 3.05) is 14.2 Å². The number of hydrazone groups is 1. The molecule has 0 unspecified atom stereocenters. The third kappa shape index (κ3) is 3.18. The molecule has 21 heavy (non-hydrogen) atoms. The van der Waals surface area contributed by atoms with E-state index < -0.39 is 6.03 Å². The van der Waals surface area contributed by atoms with Crippen LogP contribution >= 0.6 is 0 Å². The van der Waals surface area contributed by atoms with Crippen molar-refractivity contribution in [1.29, 1.82) is 0 Å². The Labute approximate surface area is 122 Å². The first-order valence-electron chi connectivity index (χ1n) is 6.63. The minimum absolute atomic E-state index is 0.0560. The Bertz CT molecular complexity index is 584. The fourth-order valence-corrected chi connectivity index (χ4v) is 2.49. The number of carbonyl (C=O) groups is 1. The van der Waals surface area contributed by atoms with Crippen molar-refractivity contribution < 1.29 is 19.4 Å². The Morgan fingerprint density at radius 2 is 2.14 bits per heavy atom. The molecule has 0 spiro atoms. The average Bonchev–Trinajstić information content (AvgIpc) is 2.67. The van der Waals surface area contributed by atoms with E-state index in [1.807, 2.05) is 6.07 Å². The minimum Gasteiger partial charge on any atom is -0.504 e. The molecule has 0 radical (unpaired) electrons. The molecule has 0 aromatic heterocycles. The van der Waals surface area contributed by atoms with Crippen molar-refractivity contribution in [3.05, 3.63) is 17.2 Å². The number of aryl methyl sites for hydroxylation is 1. The van der Waals surface area contributed by atoms with Gasteiger partial charge in [0.1, 0.15) is 0 Å². The van der Waals surface area contributed by atoms with Gasteiger partial charge in [-0.15, -0.1) is 0 Å². The van der Waals surface area contributed by atoms with Gasteiger partial charge in [0.2, 0.25) is 5.75 Å². The van der Waals surface area contributed by atoms with Gasteiger partial charge in [-0.2, -0.15) is 5.10 Å². The van der Waals surface area contributed by atoms with Gasteiger partial charge < -0.3 is 20.3 Å². The molecule has 1 aliphatic rings. The molecule has 7 nitrogen and oxygen atoms in total. The Kier molecular flexibility index (Phi) is 4.52. The zero-order valence-corrected chi connectivity index (χ0v) is 12.1. The maximum absolute atomic E-state index is 10.7. The van der Waals surface area contributed by atoms with Crippen LogP contribution in [0.5, 0.6) is 17.2 Å². The molecule has 4 N–H and O–H groups in total. The molecule has 0 fully saturated rings. The predicted octanol–water partition coefficient (Wildman–Crippen LogP) is 1.31. The predicted molar refractivity (Wildman–Crippen MR) is 78.0 cm³/mol. The Morgan fingerprint density at radius 3 is 2.76 bits per heavy atom. The molecule has 1 aliphatic carbocycles. The van der Waals surface area contributed by atoms with Gasteiger partial charge in [0.15, 0.2) is 11.5 Å². The molecule has 2 rings (SSSR count). The Morgan fingerprint density at radius 1 is 1.38 bits per heavy atom. The summed E-state index contributed by atoms with van der Waals surface area (Å²) >= 11 is 0. The number of nitrogens with two attached hydrogens (primary N) is 1. The van der Waals surface area contributed by atoms with Crippen molar-refractivity contribution in [3.63, 3.8) is 0 Å². The standard InChI is InChI=1S/C14H19N3O4/c1-20-11-6-8-4-3-5-9(16-17-14(15)19)7-10(8)12(18)13(11)21-2/h6,18H,3-5,7H2,1-2H3,(H3,15,17,19). The van der Waals surface area contributed by atoms with Crippen LogP contribution in [-0.4, -0.2) is 31.1 Å². The number of fused-ring (bicyclic) bond motifs is 1. The first-order valence-corrected chi connectivity index (χ1v) is 6.63. The van der Waals surface area contributed by atoms with E-state index >= 15 is 0 Å². The van der Waals surface area contributed by atoms with Crippen LogP contribution in [0.15, 0.2) is 11.2 Å². The van der Waals surface area contributed by atoms with Crippen LogP contribution in [0.4, 0.5) is 4.79 Å². The highest BCUT2D eigenvalue weighted by atomic mass is 16.5. The third-order valence-corrected chi connectivity index (χ3v) is 3.46. The van der Waals surface area contributed by atoms with E-state index in [0.717, 1.165) is 36.1 Å². The number of nitrogens with one attached hydrogen (secondary N) is 1. The summed E-state index contributed by atoms with van der Waals surface area (Å²) in [5, 5.41) is 14.4. The summed E-state index contributed by atoms with van der Waals surface area (Å²) in [6, 6.07) is 1.17. The SMILES string of the molecule is COc1cc2c(c(O)c1OC)CC(=NNC(N)=O)CCC2. The maximum Gasteiger partial charge on any atom is 0.332 e. The Hall–Kier alpha value is -2.44. The van der Waals surface area contributed by atoms with Crippen molar-refractivity contribution in [3.8, 4) is 17.2 Å². The first kappa shape index (κ1) is 15.0. The molecule has 1 aromatic carbocycles. The number of benzene rings is 1. The molecule has 2 amide bonds. The quantitative estimate of drug-likeness (QED) is 0.577. The average molecular weight is 293 g/mol. The smallest absolute Gasteiger partial charge is 0.332 e. The van der Waals surface area contributed by atoms with E-state index in [2.05, 4.69) is 10.5 Å². The van der Waals surface area contributed by atoms with E-state index in [9.17, 15) is 9.90 Å². The van der Waals surface area contributed by atoms with Gasteiger partial charge in [-0.1, -0.05) is 0 Å². The van der Waals surface area contributed by atoms with Crippen LogP contribution in [0.1, 0.15) is 24.0 Å². The van der Waals surface area contributed by atoms with E-state index in [4.69, 9.17) is 15.2 Å². The summed E-state index contributed by atoms with van der Waals surface area (Å²) < 4.78 is 10.4. The second-order valence-corrected chi connectivity index (χ2v) is 4.78. The van der Waals surface area contributed by atoms with E-state index in [0.29, 0.717) is 17.9 Å². The number of ether oxygens (including phenoxy) is 2. The topological polar surface area (TPSA) is 106 Å². The van der Waals surface area contributed by atoms with Crippen LogP contribution in [-0.2, 0) is 12.8 Å². The lowest BCUT2D eigenvalue weighted by molar-refractivity contribution is 0.249. The summed E-state index contributed by atoms with van der Waals surface area (Å²) in [5.74, 6) is 0.866. The zero-order valence-electron chi connectivity index (χ0n) is 12.1. The van der Waals surface area contributed by atoms with Crippen molar-refractivity contribution in [1.82, 2.24) is 5.43 Å². The molecule has 7 heteroatoms. The van der Waals surface area contributed by atoms with Gasteiger partial charge >= 0.3 is 6.03 Å². The number of methoxy groups -OCH3 is 2. The molecule has 0 aliphatic heterocycles. The Balaban J connectivity index is 2.41. The van der Waals surface area contributed by atoms with Crippen LogP contribution in [0.25, 0.3) is 0 Å². The molecular formula is C14H19N3O4. The monoisotopic (exact) mass is 293 g/mol. The van der Waals surface area contributed by atoms with Gasteiger partial charge in [-0.3, -0.25) is 0 Å². The summed E-state index contributed by atoms with van der Waals surface area (Å²) in [4.78, 5) is 10.7. The lowest BCUT2D eigenvalue weighted by Gasteiger charge is -2.15. The fourth-order valence-electron chi connectivity index (χ4n) is 2.49. The van der Waals surface area contributed by atoms with Gasteiger partial charge in [0.05, 0.1) is 14.2 Å². The number of urea groups is 1. The van der Waals surface area contributed by atoms with Crippen LogP contribution in [0, 0.1) is 0 Å².